The molecule has 0 saturated heterocycles. The maximum absolute atomic E-state index is 13.5. The number of amides is 2. The molecule has 39 heavy (non-hydrogen) atoms. The van der Waals surface area contributed by atoms with Gasteiger partial charge in [-0.2, -0.15) is 0 Å². The predicted molar refractivity (Wildman–Crippen MR) is 151 cm³/mol. The Morgan fingerprint density at radius 1 is 0.872 bits per heavy atom. The van der Waals surface area contributed by atoms with Crippen LogP contribution in [0.2, 0.25) is 0 Å². The van der Waals surface area contributed by atoms with Crippen molar-refractivity contribution >= 4 is 40.9 Å². The number of nitrogens with one attached hydrogen (secondary N) is 2. The summed E-state index contributed by atoms with van der Waals surface area (Å²) >= 11 is 1.37. The van der Waals surface area contributed by atoms with E-state index in [0.29, 0.717) is 35.7 Å². The summed E-state index contributed by atoms with van der Waals surface area (Å²) in [7, 11) is 3.09. The Bertz CT molecular complexity index is 1340. The van der Waals surface area contributed by atoms with E-state index in [-0.39, 0.29) is 11.8 Å². The maximum atomic E-state index is 13.5. The molecule has 1 aliphatic rings. The zero-order valence-corrected chi connectivity index (χ0v) is 22.4. The van der Waals surface area contributed by atoms with Crippen LogP contribution in [-0.2, 0) is 14.4 Å². The van der Waals surface area contributed by atoms with Gasteiger partial charge in [-0.15, -0.1) is 11.8 Å². The number of thioether (sulfide) groups is 1. The van der Waals surface area contributed by atoms with Gasteiger partial charge in [0.05, 0.1) is 31.7 Å². The Balaban J connectivity index is 1.49. The molecule has 0 aromatic heterocycles. The number of methoxy groups -OCH3 is 2. The number of carboxylic acid groups (broad SMARTS) is 1. The van der Waals surface area contributed by atoms with Crippen LogP contribution in [-0.4, -0.2) is 37.1 Å². The number of rotatable bonds is 10. The molecule has 0 fully saturated rings. The largest absolute Gasteiger partial charge is 0.497 e. The van der Waals surface area contributed by atoms with Crippen LogP contribution in [0.3, 0.4) is 0 Å². The lowest BCUT2D eigenvalue weighted by molar-refractivity contribution is -0.146. The molecule has 2 amide bonds. The van der Waals surface area contributed by atoms with Gasteiger partial charge in [0.1, 0.15) is 16.7 Å². The summed E-state index contributed by atoms with van der Waals surface area (Å²) in [6.45, 7) is 0. The topological polar surface area (TPSA) is 114 Å². The van der Waals surface area contributed by atoms with Gasteiger partial charge < -0.3 is 25.2 Å². The fraction of sp³-hybridized carbons (Fsp3) is 0.233. The molecule has 9 heteroatoms. The van der Waals surface area contributed by atoms with Crippen molar-refractivity contribution in [3.05, 3.63) is 90.5 Å². The maximum Gasteiger partial charge on any atom is 0.307 e. The summed E-state index contributed by atoms with van der Waals surface area (Å²) in [6, 6.07) is 21.8. The van der Waals surface area contributed by atoms with Crippen LogP contribution in [0.5, 0.6) is 11.5 Å². The van der Waals surface area contributed by atoms with E-state index in [4.69, 9.17) is 9.47 Å². The Morgan fingerprint density at radius 3 is 2.21 bits per heavy atom. The highest BCUT2D eigenvalue weighted by Crippen LogP contribution is 2.38. The SMILES string of the molecule is COc1ccc(NC(=O)C(Sc2ccc(NC(=O)C3CC=CCC3C(=O)O)cc2)c2ccccc2)c(OC)c1. The first-order chi connectivity index (χ1) is 18.9. The van der Waals surface area contributed by atoms with Crippen LogP contribution in [0.15, 0.2) is 89.8 Å². The molecule has 8 nitrogen and oxygen atoms in total. The van der Waals surface area contributed by atoms with Gasteiger partial charge in [0.15, 0.2) is 0 Å². The second kappa shape index (κ2) is 13.0. The number of hydrogen-bond acceptors (Lipinski definition) is 6. The highest BCUT2D eigenvalue weighted by molar-refractivity contribution is 8.00. The average Bonchev–Trinajstić information content (AvgIpc) is 2.97. The van der Waals surface area contributed by atoms with Crippen LogP contribution >= 0.6 is 11.8 Å². The van der Waals surface area contributed by atoms with Crippen molar-refractivity contribution in [1.82, 2.24) is 0 Å². The molecule has 0 aliphatic heterocycles. The van der Waals surface area contributed by atoms with Gasteiger partial charge in [-0.3, -0.25) is 14.4 Å². The fourth-order valence-electron chi connectivity index (χ4n) is 4.37. The number of carbonyl (C=O) groups is 3. The molecule has 1 aliphatic carbocycles. The van der Waals surface area contributed by atoms with E-state index < -0.39 is 23.1 Å². The van der Waals surface area contributed by atoms with Crippen LogP contribution in [0.4, 0.5) is 11.4 Å². The molecular weight excluding hydrogens is 516 g/mol. The third kappa shape index (κ3) is 7.00. The van der Waals surface area contributed by atoms with Crippen molar-refractivity contribution in [2.45, 2.75) is 23.0 Å². The number of benzene rings is 3. The Hall–Kier alpha value is -4.24. The van der Waals surface area contributed by atoms with Crippen LogP contribution in [0.25, 0.3) is 0 Å². The number of hydrogen-bond donors (Lipinski definition) is 3. The molecule has 3 atom stereocenters. The Labute approximate surface area is 231 Å². The van der Waals surface area contributed by atoms with Crippen molar-refractivity contribution in [3.63, 3.8) is 0 Å². The summed E-state index contributed by atoms with van der Waals surface area (Å²) in [5.74, 6) is -1.77. The van der Waals surface area contributed by atoms with E-state index in [1.54, 1.807) is 43.5 Å². The van der Waals surface area contributed by atoms with E-state index in [9.17, 15) is 19.5 Å². The number of aliphatic carboxylic acids is 1. The highest BCUT2D eigenvalue weighted by Gasteiger charge is 2.34. The van der Waals surface area contributed by atoms with E-state index in [1.165, 1.54) is 18.9 Å². The van der Waals surface area contributed by atoms with Crippen molar-refractivity contribution < 1.29 is 29.0 Å². The van der Waals surface area contributed by atoms with Gasteiger partial charge in [0, 0.05) is 16.6 Å². The van der Waals surface area contributed by atoms with Crippen LogP contribution in [0.1, 0.15) is 23.7 Å². The molecule has 202 valence electrons. The third-order valence-corrected chi connectivity index (χ3v) is 7.74. The minimum atomic E-state index is -0.969. The zero-order chi connectivity index (χ0) is 27.8. The molecule has 4 rings (SSSR count). The summed E-state index contributed by atoms with van der Waals surface area (Å²) < 4.78 is 10.7. The molecule has 0 saturated carbocycles. The molecule has 0 heterocycles. The quantitative estimate of drug-likeness (QED) is 0.218. The molecule has 3 N–H and O–H groups in total. The molecular formula is C30H30N2O6S. The van der Waals surface area contributed by atoms with Gasteiger partial charge in [-0.1, -0.05) is 42.5 Å². The lowest BCUT2D eigenvalue weighted by atomic mass is 9.82. The Kier molecular flexibility index (Phi) is 9.27. The van der Waals surface area contributed by atoms with Gasteiger partial charge in [-0.05, 0) is 54.8 Å². The minimum absolute atomic E-state index is 0.225. The summed E-state index contributed by atoms with van der Waals surface area (Å²) in [5, 5.41) is 14.7. The van der Waals surface area contributed by atoms with Crippen molar-refractivity contribution in [3.8, 4) is 11.5 Å². The average molecular weight is 547 g/mol. The molecule has 0 radical (unpaired) electrons. The molecule has 3 unspecified atom stereocenters. The summed E-state index contributed by atoms with van der Waals surface area (Å²) in [5.41, 5.74) is 1.92. The first-order valence-electron chi connectivity index (χ1n) is 12.4. The molecule has 0 spiro atoms. The van der Waals surface area contributed by atoms with E-state index >= 15 is 0 Å². The summed E-state index contributed by atoms with van der Waals surface area (Å²) in [4.78, 5) is 38.7. The normalized spacial score (nSPS) is 17.1. The first-order valence-corrected chi connectivity index (χ1v) is 13.3. The van der Waals surface area contributed by atoms with E-state index in [0.717, 1.165) is 10.5 Å². The number of allylic oxidation sites excluding steroid dienone is 2. The van der Waals surface area contributed by atoms with E-state index in [2.05, 4.69) is 10.6 Å². The monoisotopic (exact) mass is 546 g/mol. The number of anilines is 2. The van der Waals surface area contributed by atoms with Gasteiger partial charge in [0.2, 0.25) is 11.8 Å². The van der Waals surface area contributed by atoms with Crippen molar-refractivity contribution in [1.29, 1.82) is 0 Å². The first kappa shape index (κ1) is 27.8. The molecule has 3 aromatic rings. The molecule has 0 bridgehead atoms. The Morgan fingerprint density at radius 2 is 1.56 bits per heavy atom. The van der Waals surface area contributed by atoms with Gasteiger partial charge >= 0.3 is 5.97 Å². The zero-order valence-electron chi connectivity index (χ0n) is 21.6. The number of ether oxygens (including phenoxy) is 2. The van der Waals surface area contributed by atoms with Crippen LogP contribution < -0.4 is 20.1 Å². The number of carbonyl (C=O) groups excluding carboxylic acids is 2. The van der Waals surface area contributed by atoms with Gasteiger partial charge in [0.25, 0.3) is 0 Å². The second-order valence-corrected chi connectivity index (χ2v) is 10.2. The lowest BCUT2D eigenvalue weighted by Gasteiger charge is -2.24. The smallest absolute Gasteiger partial charge is 0.307 e. The van der Waals surface area contributed by atoms with Crippen molar-refractivity contribution in [2.24, 2.45) is 11.8 Å². The fourth-order valence-corrected chi connectivity index (χ4v) is 5.39. The number of carboxylic acids is 1. The minimum Gasteiger partial charge on any atom is -0.497 e. The third-order valence-electron chi connectivity index (χ3n) is 6.47. The van der Waals surface area contributed by atoms with Gasteiger partial charge in [-0.25, -0.2) is 0 Å². The standard InChI is InChI=1S/C30H30N2O6S/c1-37-21-14-17-25(26(18-21)38-2)32-29(34)27(19-8-4-3-5-9-19)39-22-15-12-20(13-16-22)31-28(33)23-10-6-7-11-24(23)30(35)36/h3-9,12-18,23-24,27H,10-11H2,1-2H3,(H,31,33)(H,32,34)(H,35,36). The lowest BCUT2D eigenvalue weighted by Crippen LogP contribution is -2.34. The summed E-state index contributed by atoms with van der Waals surface area (Å²) in [6.07, 6.45) is 4.39. The van der Waals surface area contributed by atoms with E-state index in [1.807, 2.05) is 48.5 Å². The highest BCUT2D eigenvalue weighted by atomic mass is 32.2. The molecule has 3 aromatic carbocycles. The second-order valence-electron chi connectivity index (χ2n) is 8.97. The van der Waals surface area contributed by atoms with Crippen molar-refractivity contribution in [2.75, 3.05) is 24.9 Å². The predicted octanol–water partition coefficient (Wildman–Crippen LogP) is 5.78. The van der Waals surface area contributed by atoms with Crippen LogP contribution in [0, 0.1) is 11.8 Å².